The Morgan fingerprint density at radius 3 is 1.70 bits per heavy atom. The van der Waals surface area contributed by atoms with Crippen LogP contribution in [0.25, 0.3) is 11.1 Å². The molecule has 0 saturated carbocycles. The Labute approximate surface area is 167 Å². The first-order valence-electron chi connectivity index (χ1n) is 9.49. The van der Waals surface area contributed by atoms with Crippen molar-refractivity contribution in [2.75, 3.05) is 0 Å². The van der Waals surface area contributed by atoms with E-state index in [1.54, 1.807) is 0 Å². The molecule has 0 aliphatic heterocycles. The molecule has 0 aliphatic carbocycles. The lowest BCUT2D eigenvalue weighted by Gasteiger charge is -2.38. The molecule has 0 unspecified atom stereocenters. The van der Waals surface area contributed by atoms with Crippen LogP contribution in [0.15, 0.2) is 48.5 Å². The zero-order valence-electron chi connectivity index (χ0n) is 17.6. The van der Waals surface area contributed by atoms with Crippen LogP contribution in [-0.4, -0.2) is 25.2 Å². The lowest BCUT2D eigenvalue weighted by Crippen LogP contribution is -2.56. The Hall–Kier alpha value is -1.50. The number of nitriles is 1. The van der Waals surface area contributed by atoms with E-state index in [2.05, 4.69) is 76.5 Å². The molecule has 0 saturated heterocycles. The van der Waals surface area contributed by atoms with E-state index in [-0.39, 0.29) is 0 Å². The lowest BCUT2D eigenvalue weighted by molar-refractivity contribution is 0.395. The van der Waals surface area contributed by atoms with Gasteiger partial charge in [-0.1, -0.05) is 43.3 Å². The third kappa shape index (κ3) is 5.99. The first-order valence-corrected chi connectivity index (χ1v) is 18.3. The number of hydrogen-bond acceptors (Lipinski definition) is 3. The third-order valence-electron chi connectivity index (χ3n) is 4.80. The van der Waals surface area contributed by atoms with Gasteiger partial charge in [0.05, 0.1) is 11.6 Å². The molecule has 0 amide bonds. The van der Waals surface area contributed by atoms with Gasteiger partial charge in [0.1, 0.15) is 0 Å². The Bertz CT molecular complexity index is 807. The molecule has 144 valence electrons. The van der Waals surface area contributed by atoms with Crippen molar-refractivity contribution in [2.45, 2.75) is 52.2 Å². The van der Waals surface area contributed by atoms with Crippen LogP contribution in [0.3, 0.4) is 0 Å². The number of nitrogens with zero attached hydrogens (tertiary/aromatic N) is 1. The minimum absolute atomic E-state index is 0.683. The van der Waals surface area contributed by atoms with Crippen molar-refractivity contribution in [2.24, 2.45) is 0 Å². The Morgan fingerprint density at radius 2 is 1.26 bits per heavy atom. The first kappa shape index (κ1) is 21.8. The van der Waals surface area contributed by atoms with E-state index in [9.17, 15) is 0 Å². The minimum atomic E-state index is -2.17. The average molecular weight is 414 g/mol. The van der Waals surface area contributed by atoms with Crippen molar-refractivity contribution in [3.63, 3.8) is 0 Å². The Morgan fingerprint density at radius 1 is 0.778 bits per heavy atom. The van der Waals surface area contributed by atoms with Crippen LogP contribution >= 0.6 is 0 Å². The largest absolute Gasteiger partial charge is 0.437 e. The molecule has 0 heterocycles. The highest BCUT2D eigenvalue weighted by atomic mass is 28.5. The quantitative estimate of drug-likeness (QED) is 0.555. The molecule has 0 spiro atoms. The summed E-state index contributed by atoms with van der Waals surface area (Å²) in [4.78, 5) is 0. The zero-order chi connectivity index (χ0) is 20.3. The average Bonchev–Trinajstić information content (AvgIpc) is 2.60. The zero-order valence-corrected chi connectivity index (χ0v) is 20.6. The number of hydrogen-bond donors (Lipinski definition) is 0. The van der Waals surface area contributed by atoms with Gasteiger partial charge in [-0.05, 0) is 73.8 Å². The fourth-order valence-electron chi connectivity index (χ4n) is 3.23. The van der Waals surface area contributed by atoms with E-state index in [0.717, 1.165) is 17.2 Å². The molecule has 0 radical (unpaired) electrons. The summed E-state index contributed by atoms with van der Waals surface area (Å²) in [7, 11) is -5.86. The van der Waals surface area contributed by atoms with Crippen LogP contribution in [0.2, 0.25) is 45.3 Å². The van der Waals surface area contributed by atoms with Gasteiger partial charge in [-0.25, -0.2) is 0 Å². The second-order valence-electron chi connectivity index (χ2n) is 8.49. The maximum atomic E-state index is 8.94. The van der Waals surface area contributed by atoms with Crippen LogP contribution in [0.4, 0.5) is 0 Å². The predicted octanol–water partition coefficient (Wildman–Crippen LogP) is 5.60. The molecule has 0 aromatic heterocycles. The van der Waals surface area contributed by atoms with E-state index < -0.39 is 25.2 Å². The number of benzene rings is 2. The van der Waals surface area contributed by atoms with Crippen LogP contribution in [-0.2, 0) is 8.23 Å². The van der Waals surface area contributed by atoms with E-state index in [1.807, 2.05) is 24.3 Å². The van der Waals surface area contributed by atoms with Crippen molar-refractivity contribution in [1.82, 2.24) is 0 Å². The molecule has 0 fully saturated rings. The summed E-state index contributed by atoms with van der Waals surface area (Å²) in [6.07, 6.45) is 0. The van der Waals surface area contributed by atoms with E-state index in [1.165, 1.54) is 5.19 Å². The normalized spacial score (nSPS) is 12.7. The van der Waals surface area contributed by atoms with Crippen LogP contribution in [0.5, 0.6) is 0 Å². The lowest BCUT2D eigenvalue weighted by atomic mass is 10.0. The minimum Gasteiger partial charge on any atom is -0.437 e. The summed E-state index contributed by atoms with van der Waals surface area (Å²) in [5.74, 6) is 0. The molecule has 27 heavy (non-hydrogen) atoms. The monoisotopic (exact) mass is 413 g/mol. The van der Waals surface area contributed by atoms with Crippen molar-refractivity contribution in [3.05, 3.63) is 54.1 Å². The molecule has 0 atom stereocenters. The molecular weight excluding hydrogens is 382 g/mol. The molecule has 3 nitrogen and oxygen atoms in total. The van der Waals surface area contributed by atoms with Gasteiger partial charge in [0.2, 0.25) is 8.32 Å². The first-order chi connectivity index (χ1) is 12.5. The predicted molar refractivity (Wildman–Crippen MR) is 121 cm³/mol. The Balaban J connectivity index is 2.17. The molecule has 0 bridgehead atoms. The summed E-state index contributed by atoms with van der Waals surface area (Å²) in [5.41, 5.74) is 2.96. The van der Waals surface area contributed by atoms with Crippen LogP contribution < -0.4 is 5.19 Å². The van der Waals surface area contributed by atoms with Gasteiger partial charge in [-0.3, -0.25) is 0 Å². The highest BCUT2D eigenvalue weighted by molar-refractivity contribution is 6.93. The van der Waals surface area contributed by atoms with Crippen molar-refractivity contribution < 1.29 is 8.23 Å². The molecule has 0 aliphatic rings. The van der Waals surface area contributed by atoms with Gasteiger partial charge in [0.15, 0.2) is 8.32 Å². The molecular formula is C21H31NO2Si3. The second kappa shape index (κ2) is 8.25. The number of rotatable bonds is 7. The molecule has 0 N–H and O–H groups in total. The highest BCUT2D eigenvalue weighted by Gasteiger charge is 2.39. The standard InChI is InChI=1S/C21H31NO2Si3/c1-8-25(2,3)23-27(6,7)24-26(4,5)21-15-13-20(14-16-21)19-11-9-18(17-22)10-12-19/h9-16H,8H2,1-7H3. The second-order valence-corrected chi connectivity index (χ2v) is 20.8. The van der Waals surface area contributed by atoms with Gasteiger partial charge in [0, 0.05) is 0 Å². The van der Waals surface area contributed by atoms with Crippen molar-refractivity contribution in [3.8, 4) is 17.2 Å². The molecule has 2 rings (SSSR count). The van der Waals surface area contributed by atoms with Gasteiger partial charge >= 0.3 is 8.56 Å². The molecule has 6 heteroatoms. The SMILES string of the molecule is CC[Si](C)(C)O[Si](C)(C)O[Si](C)(C)c1ccc(-c2ccc(C#N)cc2)cc1. The summed E-state index contributed by atoms with van der Waals surface area (Å²) in [6, 6.07) is 19.6. The summed E-state index contributed by atoms with van der Waals surface area (Å²) in [5, 5.41) is 10.2. The highest BCUT2D eigenvalue weighted by Crippen LogP contribution is 2.24. The maximum Gasteiger partial charge on any atom is 0.311 e. The van der Waals surface area contributed by atoms with Gasteiger partial charge < -0.3 is 8.23 Å². The Kier molecular flexibility index (Phi) is 6.66. The van der Waals surface area contributed by atoms with Crippen molar-refractivity contribution in [1.29, 1.82) is 5.26 Å². The summed E-state index contributed by atoms with van der Waals surface area (Å²) in [6.45, 7) is 15.6. The fraction of sp³-hybridized carbons (Fsp3) is 0.381. The molecule has 2 aromatic rings. The summed E-state index contributed by atoms with van der Waals surface area (Å²) >= 11 is 0. The van der Waals surface area contributed by atoms with E-state index in [4.69, 9.17) is 13.5 Å². The van der Waals surface area contributed by atoms with Crippen LogP contribution in [0.1, 0.15) is 12.5 Å². The van der Waals surface area contributed by atoms with Gasteiger partial charge in [0.25, 0.3) is 0 Å². The van der Waals surface area contributed by atoms with Gasteiger partial charge in [-0.15, -0.1) is 0 Å². The third-order valence-corrected chi connectivity index (χ3v) is 16.4. The van der Waals surface area contributed by atoms with Crippen molar-refractivity contribution >= 4 is 30.4 Å². The topological polar surface area (TPSA) is 42.2 Å². The van der Waals surface area contributed by atoms with E-state index in [0.29, 0.717) is 5.56 Å². The van der Waals surface area contributed by atoms with Crippen LogP contribution in [0, 0.1) is 11.3 Å². The smallest absolute Gasteiger partial charge is 0.311 e. The fourth-order valence-corrected chi connectivity index (χ4v) is 16.0. The maximum absolute atomic E-state index is 8.94. The van der Waals surface area contributed by atoms with Gasteiger partial charge in [-0.2, -0.15) is 5.26 Å². The molecule has 2 aromatic carbocycles. The van der Waals surface area contributed by atoms with E-state index >= 15 is 0 Å². The summed E-state index contributed by atoms with van der Waals surface area (Å²) < 4.78 is 13.2.